The van der Waals surface area contributed by atoms with Crippen molar-refractivity contribution in [1.82, 2.24) is 15.1 Å². The Morgan fingerprint density at radius 3 is 2.84 bits per heavy atom. The van der Waals surface area contributed by atoms with Crippen molar-refractivity contribution < 1.29 is 4.79 Å². The Kier molecular flexibility index (Phi) is 4.81. The molecule has 0 saturated carbocycles. The van der Waals surface area contributed by atoms with Crippen LogP contribution in [0.25, 0.3) is 0 Å². The molecule has 110 valence electrons. The van der Waals surface area contributed by atoms with Gasteiger partial charge >= 0.3 is 0 Å². The molecule has 0 spiro atoms. The van der Waals surface area contributed by atoms with Gasteiger partial charge in [0.1, 0.15) is 5.54 Å². The van der Waals surface area contributed by atoms with E-state index in [0.717, 1.165) is 32.7 Å². The van der Waals surface area contributed by atoms with Gasteiger partial charge in [-0.25, -0.2) is 0 Å². The highest BCUT2D eigenvalue weighted by atomic mass is 16.1. The quantitative estimate of drug-likeness (QED) is 0.737. The summed E-state index contributed by atoms with van der Waals surface area (Å²) in [6.45, 7) is 9.93. The van der Waals surface area contributed by atoms with Crippen molar-refractivity contribution in [2.45, 2.75) is 44.7 Å². The highest BCUT2D eigenvalue weighted by Crippen LogP contribution is 2.22. The minimum absolute atomic E-state index is 0.250. The van der Waals surface area contributed by atoms with Gasteiger partial charge in [0.25, 0.3) is 0 Å². The first-order chi connectivity index (χ1) is 9.05. The minimum Gasteiger partial charge on any atom is -0.368 e. The van der Waals surface area contributed by atoms with E-state index in [1.165, 1.54) is 25.8 Å². The fourth-order valence-corrected chi connectivity index (χ4v) is 3.42. The summed E-state index contributed by atoms with van der Waals surface area (Å²) in [6.07, 6.45) is 3.98. The van der Waals surface area contributed by atoms with Crippen LogP contribution in [0.2, 0.25) is 0 Å². The molecule has 0 aromatic heterocycles. The number of nitrogens with one attached hydrogen (secondary N) is 1. The zero-order chi connectivity index (χ0) is 13.9. The van der Waals surface area contributed by atoms with E-state index in [4.69, 9.17) is 5.73 Å². The monoisotopic (exact) mass is 268 g/mol. The van der Waals surface area contributed by atoms with Gasteiger partial charge in [-0.2, -0.15) is 0 Å². The van der Waals surface area contributed by atoms with Gasteiger partial charge in [-0.1, -0.05) is 13.3 Å². The number of piperidine rings is 1. The van der Waals surface area contributed by atoms with Crippen LogP contribution in [0.5, 0.6) is 0 Å². The fraction of sp³-hybridized carbons (Fsp3) is 0.929. The SMILES string of the molecule is CCNC(C)(CN1CCN2CCCCC2C1)C(N)=O. The lowest BCUT2D eigenvalue weighted by molar-refractivity contribution is -0.125. The maximum absolute atomic E-state index is 11.7. The molecule has 2 aliphatic rings. The van der Waals surface area contributed by atoms with Crippen molar-refractivity contribution >= 4 is 5.91 Å². The van der Waals surface area contributed by atoms with Crippen LogP contribution >= 0.6 is 0 Å². The Balaban J connectivity index is 1.93. The van der Waals surface area contributed by atoms with Gasteiger partial charge in [0, 0.05) is 32.2 Å². The number of nitrogens with zero attached hydrogens (tertiary/aromatic N) is 2. The van der Waals surface area contributed by atoms with Crippen molar-refractivity contribution in [1.29, 1.82) is 0 Å². The number of hydrogen-bond acceptors (Lipinski definition) is 4. The Labute approximate surface area is 116 Å². The second-order valence-electron chi connectivity index (χ2n) is 6.15. The molecule has 5 nitrogen and oxygen atoms in total. The van der Waals surface area contributed by atoms with Crippen LogP contribution in [0.4, 0.5) is 0 Å². The number of hydrogen-bond donors (Lipinski definition) is 2. The summed E-state index contributed by atoms with van der Waals surface area (Å²) < 4.78 is 0. The van der Waals surface area contributed by atoms with E-state index in [0.29, 0.717) is 6.04 Å². The predicted octanol–water partition coefficient (Wildman–Crippen LogP) is 0.0100. The van der Waals surface area contributed by atoms with Gasteiger partial charge < -0.3 is 11.1 Å². The summed E-state index contributed by atoms with van der Waals surface area (Å²) in [4.78, 5) is 16.7. The lowest BCUT2D eigenvalue weighted by Crippen LogP contribution is -2.63. The van der Waals surface area contributed by atoms with Gasteiger partial charge in [-0.3, -0.25) is 14.6 Å². The molecule has 2 aliphatic heterocycles. The van der Waals surface area contributed by atoms with Crippen LogP contribution < -0.4 is 11.1 Å². The number of fused-ring (bicyclic) bond motifs is 1. The average Bonchev–Trinajstić information content (AvgIpc) is 2.38. The Bertz CT molecular complexity index is 323. The maximum Gasteiger partial charge on any atom is 0.238 e. The van der Waals surface area contributed by atoms with Crippen molar-refractivity contribution in [2.24, 2.45) is 5.73 Å². The number of carbonyl (C=O) groups is 1. The molecule has 0 aromatic rings. The van der Waals surface area contributed by atoms with E-state index in [2.05, 4.69) is 15.1 Å². The number of rotatable bonds is 5. The van der Waals surface area contributed by atoms with Crippen molar-refractivity contribution in [3.63, 3.8) is 0 Å². The molecular formula is C14H28N4O. The summed E-state index contributed by atoms with van der Waals surface area (Å²) in [5.74, 6) is -0.250. The number of primary amides is 1. The van der Waals surface area contributed by atoms with Crippen LogP contribution in [-0.2, 0) is 4.79 Å². The Morgan fingerprint density at radius 2 is 2.16 bits per heavy atom. The topological polar surface area (TPSA) is 61.6 Å². The molecular weight excluding hydrogens is 240 g/mol. The van der Waals surface area contributed by atoms with Crippen molar-refractivity contribution in [3.8, 4) is 0 Å². The molecule has 0 aliphatic carbocycles. The first-order valence-electron chi connectivity index (χ1n) is 7.56. The molecule has 2 heterocycles. The highest BCUT2D eigenvalue weighted by molar-refractivity contribution is 5.84. The normalized spacial score (nSPS) is 28.6. The summed E-state index contributed by atoms with van der Waals surface area (Å²) in [6, 6.07) is 0.682. The smallest absolute Gasteiger partial charge is 0.238 e. The maximum atomic E-state index is 11.7. The molecule has 1 amide bonds. The van der Waals surface area contributed by atoms with E-state index in [1.807, 2.05) is 13.8 Å². The highest BCUT2D eigenvalue weighted by Gasteiger charge is 2.36. The van der Waals surface area contributed by atoms with E-state index in [-0.39, 0.29) is 5.91 Å². The van der Waals surface area contributed by atoms with Crippen LogP contribution in [-0.4, -0.2) is 66.6 Å². The van der Waals surface area contributed by atoms with Crippen LogP contribution in [0.1, 0.15) is 33.1 Å². The molecule has 0 bridgehead atoms. The van der Waals surface area contributed by atoms with E-state index in [1.54, 1.807) is 0 Å². The molecule has 2 unspecified atom stereocenters. The second-order valence-corrected chi connectivity index (χ2v) is 6.15. The molecule has 0 aromatic carbocycles. The van der Waals surface area contributed by atoms with Crippen LogP contribution in [0, 0.1) is 0 Å². The van der Waals surface area contributed by atoms with E-state index >= 15 is 0 Å². The zero-order valence-electron chi connectivity index (χ0n) is 12.3. The number of nitrogens with two attached hydrogens (primary N) is 1. The zero-order valence-corrected chi connectivity index (χ0v) is 12.3. The molecule has 19 heavy (non-hydrogen) atoms. The van der Waals surface area contributed by atoms with Gasteiger partial charge in [-0.15, -0.1) is 0 Å². The van der Waals surface area contributed by atoms with Gasteiger partial charge in [-0.05, 0) is 32.9 Å². The number of piperazine rings is 1. The van der Waals surface area contributed by atoms with Crippen LogP contribution in [0.3, 0.4) is 0 Å². The molecule has 5 heteroatoms. The van der Waals surface area contributed by atoms with Crippen molar-refractivity contribution in [3.05, 3.63) is 0 Å². The van der Waals surface area contributed by atoms with Crippen molar-refractivity contribution in [2.75, 3.05) is 39.3 Å². The Hall–Kier alpha value is -0.650. The second kappa shape index (κ2) is 6.20. The molecule has 3 N–H and O–H groups in total. The summed E-state index contributed by atoms with van der Waals surface area (Å²) in [5.41, 5.74) is 4.96. The summed E-state index contributed by atoms with van der Waals surface area (Å²) >= 11 is 0. The third-order valence-corrected chi connectivity index (χ3v) is 4.57. The first-order valence-corrected chi connectivity index (χ1v) is 7.56. The number of likely N-dealkylation sites (N-methyl/N-ethyl adjacent to an activating group) is 1. The molecule has 2 fully saturated rings. The minimum atomic E-state index is -0.606. The van der Waals surface area contributed by atoms with Crippen LogP contribution in [0.15, 0.2) is 0 Å². The summed E-state index contributed by atoms with van der Waals surface area (Å²) in [7, 11) is 0. The third-order valence-electron chi connectivity index (χ3n) is 4.57. The molecule has 2 atom stereocenters. The lowest BCUT2D eigenvalue weighted by Gasteiger charge is -2.46. The average molecular weight is 268 g/mol. The van der Waals surface area contributed by atoms with Gasteiger partial charge in [0.05, 0.1) is 0 Å². The van der Waals surface area contributed by atoms with Gasteiger partial charge in [0.2, 0.25) is 5.91 Å². The third kappa shape index (κ3) is 3.46. The fourth-order valence-electron chi connectivity index (χ4n) is 3.42. The molecule has 2 saturated heterocycles. The molecule has 0 radical (unpaired) electrons. The summed E-state index contributed by atoms with van der Waals surface area (Å²) in [5, 5.41) is 3.25. The molecule has 2 rings (SSSR count). The lowest BCUT2D eigenvalue weighted by atomic mass is 9.96. The number of carbonyl (C=O) groups excluding carboxylic acids is 1. The number of amides is 1. The van der Waals surface area contributed by atoms with E-state index in [9.17, 15) is 4.79 Å². The largest absolute Gasteiger partial charge is 0.368 e. The standard InChI is InChI=1S/C14H28N4O/c1-3-16-14(2,13(15)19)11-17-8-9-18-7-5-4-6-12(18)10-17/h12,16H,3-11H2,1-2H3,(H2,15,19). The van der Waals surface area contributed by atoms with Gasteiger partial charge in [0.15, 0.2) is 0 Å². The van der Waals surface area contributed by atoms with E-state index < -0.39 is 5.54 Å². The first kappa shape index (κ1) is 14.8. The predicted molar refractivity (Wildman–Crippen MR) is 76.9 cm³/mol. The Morgan fingerprint density at radius 1 is 1.37 bits per heavy atom.